The second-order valence-corrected chi connectivity index (χ2v) is 5.41. The maximum atomic E-state index is 13.3. The molecular formula is C17H10F4N2O3. The molecule has 0 aliphatic rings. The first kappa shape index (κ1) is 17.5. The molecule has 9 heteroatoms. The predicted octanol–water partition coefficient (Wildman–Crippen LogP) is 3.64. The molecule has 26 heavy (non-hydrogen) atoms. The molecule has 1 amide bonds. The number of fused-ring (bicyclic) bond motifs is 1. The van der Waals surface area contributed by atoms with Gasteiger partial charge in [-0.05, 0) is 30.3 Å². The molecule has 3 aromatic rings. The average Bonchev–Trinajstić information content (AvgIpc) is 2.54. The molecular weight excluding hydrogens is 356 g/mol. The number of benzene rings is 2. The zero-order valence-corrected chi connectivity index (χ0v) is 12.8. The fourth-order valence-corrected chi connectivity index (χ4v) is 2.41. The number of carbonyl (C=O) groups is 1. The van der Waals surface area contributed by atoms with E-state index in [-0.39, 0.29) is 16.6 Å². The van der Waals surface area contributed by atoms with Crippen molar-refractivity contribution in [2.75, 3.05) is 5.32 Å². The number of hydrogen-bond donors (Lipinski definition) is 3. The summed E-state index contributed by atoms with van der Waals surface area (Å²) in [6.45, 7) is 0. The van der Waals surface area contributed by atoms with E-state index in [4.69, 9.17) is 0 Å². The minimum Gasteiger partial charge on any atom is -0.507 e. The fraction of sp³-hybridized carbons (Fsp3) is 0.0588. The molecule has 0 unspecified atom stereocenters. The highest BCUT2D eigenvalue weighted by Gasteiger charge is 2.33. The Bertz CT molecular complexity index is 1070. The monoisotopic (exact) mass is 366 g/mol. The first-order valence-electron chi connectivity index (χ1n) is 7.19. The number of phenolic OH excluding ortho intramolecular Hbond substituents is 1. The van der Waals surface area contributed by atoms with Crippen LogP contribution in [0.3, 0.4) is 0 Å². The van der Waals surface area contributed by atoms with Crippen molar-refractivity contribution < 1.29 is 27.5 Å². The Morgan fingerprint density at radius 3 is 2.50 bits per heavy atom. The number of carbonyl (C=O) groups excluding carboxylic acids is 1. The van der Waals surface area contributed by atoms with Crippen molar-refractivity contribution in [2.24, 2.45) is 0 Å². The van der Waals surface area contributed by atoms with Crippen LogP contribution in [0.15, 0.2) is 47.4 Å². The van der Waals surface area contributed by atoms with E-state index in [0.717, 1.165) is 30.5 Å². The van der Waals surface area contributed by atoms with Crippen LogP contribution in [0.2, 0.25) is 0 Å². The number of nitrogens with one attached hydrogen (secondary N) is 2. The van der Waals surface area contributed by atoms with E-state index in [0.29, 0.717) is 11.6 Å². The van der Waals surface area contributed by atoms with Crippen LogP contribution in [0.4, 0.5) is 23.2 Å². The van der Waals surface area contributed by atoms with Crippen molar-refractivity contribution in [1.29, 1.82) is 0 Å². The van der Waals surface area contributed by atoms with Gasteiger partial charge in [-0.1, -0.05) is 0 Å². The molecule has 1 heterocycles. The Kier molecular flexibility index (Phi) is 4.15. The number of aromatic hydroxyl groups is 1. The zero-order chi connectivity index (χ0) is 19.1. The molecule has 3 rings (SSSR count). The molecule has 0 radical (unpaired) electrons. The molecule has 0 saturated carbocycles. The number of rotatable bonds is 2. The van der Waals surface area contributed by atoms with Crippen molar-refractivity contribution in [3.8, 4) is 5.75 Å². The summed E-state index contributed by atoms with van der Waals surface area (Å²) in [5, 5.41) is 11.6. The second-order valence-electron chi connectivity index (χ2n) is 5.41. The average molecular weight is 366 g/mol. The van der Waals surface area contributed by atoms with Crippen molar-refractivity contribution in [2.45, 2.75) is 6.18 Å². The highest BCUT2D eigenvalue weighted by Crippen LogP contribution is 2.36. The summed E-state index contributed by atoms with van der Waals surface area (Å²) in [5.74, 6) is -2.64. The van der Waals surface area contributed by atoms with E-state index in [1.807, 2.05) is 0 Å². The highest BCUT2D eigenvalue weighted by atomic mass is 19.4. The van der Waals surface area contributed by atoms with Crippen LogP contribution in [-0.4, -0.2) is 16.0 Å². The summed E-state index contributed by atoms with van der Waals surface area (Å²) in [6, 6.07) is 5.70. The zero-order valence-electron chi connectivity index (χ0n) is 12.8. The van der Waals surface area contributed by atoms with Gasteiger partial charge >= 0.3 is 6.18 Å². The van der Waals surface area contributed by atoms with E-state index < -0.39 is 34.6 Å². The van der Waals surface area contributed by atoms with E-state index in [1.165, 1.54) is 6.07 Å². The first-order valence-corrected chi connectivity index (χ1v) is 7.19. The Labute approximate surface area is 142 Å². The first-order chi connectivity index (χ1) is 12.2. The van der Waals surface area contributed by atoms with Crippen LogP contribution in [0.25, 0.3) is 10.9 Å². The number of anilines is 1. The molecule has 2 aromatic carbocycles. The van der Waals surface area contributed by atoms with Crippen LogP contribution in [0.1, 0.15) is 15.9 Å². The quantitative estimate of drug-likeness (QED) is 0.606. The molecule has 0 fully saturated rings. The Morgan fingerprint density at radius 2 is 1.85 bits per heavy atom. The largest absolute Gasteiger partial charge is 0.507 e. The number of halogens is 4. The smallest absolute Gasteiger partial charge is 0.419 e. The van der Waals surface area contributed by atoms with Crippen molar-refractivity contribution in [3.05, 3.63) is 69.8 Å². The Balaban J connectivity index is 1.94. The third-order valence-corrected chi connectivity index (χ3v) is 3.65. The third-order valence-electron chi connectivity index (χ3n) is 3.65. The number of phenols is 1. The second kappa shape index (κ2) is 6.17. The Hall–Kier alpha value is -3.36. The topological polar surface area (TPSA) is 82.2 Å². The molecule has 0 saturated heterocycles. The SMILES string of the molecule is O=C(Nc1ccc(C(F)(F)F)c(O)c1)c1c[nH]c2ccc(F)cc2c1=O. The lowest BCUT2D eigenvalue weighted by Gasteiger charge is -2.11. The predicted molar refractivity (Wildman–Crippen MR) is 85.6 cm³/mol. The van der Waals surface area contributed by atoms with Gasteiger partial charge in [0.1, 0.15) is 17.1 Å². The van der Waals surface area contributed by atoms with Gasteiger partial charge in [-0.3, -0.25) is 9.59 Å². The molecule has 134 valence electrons. The number of hydrogen-bond acceptors (Lipinski definition) is 3. The van der Waals surface area contributed by atoms with Gasteiger partial charge in [0.2, 0.25) is 5.43 Å². The number of alkyl halides is 3. The van der Waals surface area contributed by atoms with Crippen molar-refractivity contribution in [3.63, 3.8) is 0 Å². The molecule has 0 spiro atoms. The minimum absolute atomic E-state index is 0.0482. The summed E-state index contributed by atoms with van der Waals surface area (Å²) in [6.07, 6.45) is -3.63. The summed E-state index contributed by atoms with van der Waals surface area (Å²) >= 11 is 0. The van der Waals surface area contributed by atoms with Gasteiger partial charge in [-0.2, -0.15) is 13.2 Å². The normalized spacial score (nSPS) is 11.5. The molecule has 0 aliphatic heterocycles. The molecule has 3 N–H and O–H groups in total. The Morgan fingerprint density at radius 1 is 1.12 bits per heavy atom. The molecule has 5 nitrogen and oxygen atoms in total. The van der Waals surface area contributed by atoms with Gasteiger partial charge in [0.05, 0.1) is 5.56 Å². The van der Waals surface area contributed by atoms with Crippen LogP contribution >= 0.6 is 0 Å². The van der Waals surface area contributed by atoms with E-state index in [2.05, 4.69) is 10.3 Å². The summed E-state index contributed by atoms with van der Waals surface area (Å²) in [5.41, 5.74) is -2.18. The summed E-state index contributed by atoms with van der Waals surface area (Å²) in [7, 11) is 0. The number of amides is 1. The third kappa shape index (κ3) is 3.23. The van der Waals surface area contributed by atoms with E-state index >= 15 is 0 Å². The van der Waals surface area contributed by atoms with Gasteiger partial charge in [-0.15, -0.1) is 0 Å². The lowest BCUT2D eigenvalue weighted by molar-refractivity contribution is -0.138. The van der Waals surface area contributed by atoms with Crippen LogP contribution in [0, 0.1) is 5.82 Å². The minimum atomic E-state index is -4.74. The van der Waals surface area contributed by atoms with Gasteiger partial charge < -0.3 is 15.4 Å². The van der Waals surface area contributed by atoms with Gasteiger partial charge in [-0.25, -0.2) is 4.39 Å². The fourth-order valence-electron chi connectivity index (χ4n) is 2.41. The summed E-state index contributed by atoms with van der Waals surface area (Å²) < 4.78 is 51.2. The maximum absolute atomic E-state index is 13.3. The van der Waals surface area contributed by atoms with E-state index in [9.17, 15) is 32.3 Å². The van der Waals surface area contributed by atoms with Crippen molar-refractivity contribution >= 4 is 22.5 Å². The van der Waals surface area contributed by atoms with Gasteiger partial charge in [0.25, 0.3) is 5.91 Å². The number of pyridine rings is 1. The van der Waals surface area contributed by atoms with E-state index in [1.54, 1.807) is 0 Å². The molecule has 1 aromatic heterocycles. The standard InChI is InChI=1S/C17H10F4N2O3/c18-8-1-4-13-10(5-8)15(25)11(7-22-13)16(26)23-9-2-3-12(14(24)6-9)17(19,20)21/h1-7,24H,(H,22,25)(H,23,26). The maximum Gasteiger partial charge on any atom is 0.419 e. The lowest BCUT2D eigenvalue weighted by Crippen LogP contribution is -2.22. The lowest BCUT2D eigenvalue weighted by atomic mass is 10.1. The highest BCUT2D eigenvalue weighted by molar-refractivity contribution is 6.05. The number of H-pyrrole nitrogens is 1. The molecule has 0 atom stereocenters. The van der Waals surface area contributed by atoms with Gasteiger partial charge in [0.15, 0.2) is 0 Å². The number of aromatic amines is 1. The van der Waals surface area contributed by atoms with Crippen LogP contribution in [0.5, 0.6) is 5.75 Å². The van der Waals surface area contributed by atoms with Crippen molar-refractivity contribution in [1.82, 2.24) is 4.98 Å². The number of aromatic nitrogens is 1. The van der Waals surface area contributed by atoms with Gasteiger partial charge in [0, 0.05) is 28.9 Å². The van der Waals surface area contributed by atoms with Crippen LogP contribution in [-0.2, 0) is 6.18 Å². The summed E-state index contributed by atoms with van der Waals surface area (Å²) in [4.78, 5) is 27.2. The molecule has 0 aliphatic carbocycles. The van der Waals surface area contributed by atoms with Crippen LogP contribution < -0.4 is 10.7 Å². The molecule has 0 bridgehead atoms.